The maximum atomic E-state index is 12.8. The number of pyridine rings is 1. The number of hydrogen-bond acceptors (Lipinski definition) is 5. The molecular weight excluding hydrogens is 459 g/mol. The van der Waals surface area contributed by atoms with Crippen LogP contribution in [-0.4, -0.2) is 25.0 Å². The Hall–Kier alpha value is -3.52. The molecule has 0 atom stereocenters. The quantitative estimate of drug-likeness (QED) is 0.400. The molecule has 0 spiro atoms. The molecule has 0 fully saturated rings. The zero-order chi connectivity index (χ0) is 23.8. The van der Waals surface area contributed by atoms with Gasteiger partial charge in [0.05, 0.1) is 19.8 Å². The number of ether oxygens (including phenoxy) is 3. The number of hydrogen-bond donors (Lipinski definition) is 0. The molecule has 1 heterocycles. The van der Waals surface area contributed by atoms with Crippen molar-refractivity contribution in [2.75, 3.05) is 14.2 Å². The second-order valence-electron chi connectivity index (χ2n) is 7.22. The second-order valence-corrected chi connectivity index (χ2v) is 7.63. The lowest BCUT2D eigenvalue weighted by molar-refractivity contribution is -0.137. The van der Waals surface area contributed by atoms with Gasteiger partial charge in [0.2, 0.25) is 5.88 Å². The third-order valence-electron chi connectivity index (χ3n) is 5.10. The lowest BCUT2D eigenvalue weighted by atomic mass is 10.1. The van der Waals surface area contributed by atoms with Gasteiger partial charge in [0.15, 0.2) is 17.3 Å². The molecule has 33 heavy (non-hydrogen) atoms. The Bertz CT molecular complexity index is 1250. The van der Waals surface area contributed by atoms with Crippen LogP contribution in [0.1, 0.15) is 27.0 Å². The van der Waals surface area contributed by atoms with Crippen molar-refractivity contribution in [2.45, 2.75) is 12.6 Å². The summed E-state index contributed by atoms with van der Waals surface area (Å²) in [6.45, 7) is 0. The maximum Gasteiger partial charge on any atom is 0.417 e. The smallest absolute Gasteiger partial charge is 0.417 e. The van der Waals surface area contributed by atoms with Crippen molar-refractivity contribution >= 4 is 23.5 Å². The Balaban J connectivity index is 1.51. The standard InChI is InChI=1S/C24H17ClF3NO4/c1-31-20-9-14-8-15(22(30)18(14)11-21(20)32-2)7-13-3-5-17(6-4-13)33-23-19(25)10-16(12-29-23)24(26,27)28/h3-7,9-12H,8H2,1-2H3/b15-7-. The van der Waals surface area contributed by atoms with Gasteiger partial charge in [-0.3, -0.25) is 4.79 Å². The molecule has 0 amide bonds. The number of aromatic nitrogens is 1. The lowest BCUT2D eigenvalue weighted by Gasteiger charge is -2.10. The van der Waals surface area contributed by atoms with Crippen LogP contribution in [-0.2, 0) is 12.6 Å². The first-order valence-electron chi connectivity index (χ1n) is 9.70. The number of alkyl halides is 3. The first kappa shape index (κ1) is 22.7. The van der Waals surface area contributed by atoms with Crippen molar-refractivity contribution in [3.8, 4) is 23.1 Å². The molecule has 0 saturated carbocycles. The number of halogens is 4. The zero-order valence-corrected chi connectivity index (χ0v) is 18.3. The molecule has 2 aromatic carbocycles. The highest BCUT2D eigenvalue weighted by Crippen LogP contribution is 2.37. The van der Waals surface area contributed by atoms with Gasteiger partial charge < -0.3 is 14.2 Å². The monoisotopic (exact) mass is 475 g/mol. The largest absolute Gasteiger partial charge is 0.493 e. The summed E-state index contributed by atoms with van der Waals surface area (Å²) in [7, 11) is 3.05. The van der Waals surface area contributed by atoms with E-state index in [1.807, 2.05) is 0 Å². The van der Waals surface area contributed by atoms with E-state index in [4.69, 9.17) is 25.8 Å². The average molecular weight is 476 g/mol. The highest BCUT2D eigenvalue weighted by Gasteiger charge is 2.32. The number of carbonyl (C=O) groups is 1. The fraction of sp³-hybridized carbons (Fsp3) is 0.167. The lowest BCUT2D eigenvalue weighted by Crippen LogP contribution is -2.05. The average Bonchev–Trinajstić information content (AvgIpc) is 3.09. The number of Topliss-reactive ketones (excluding diaryl/α,β-unsaturated/α-hetero) is 1. The van der Waals surface area contributed by atoms with Crippen molar-refractivity contribution in [2.24, 2.45) is 0 Å². The van der Waals surface area contributed by atoms with E-state index in [0.29, 0.717) is 41.0 Å². The number of benzene rings is 2. The molecule has 0 aliphatic heterocycles. The second kappa shape index (κ2) is 8.78. The summed E-state index contributed by atoms with van der Waals surface area (Å²) >= 11 is 5.88. The van der Waals surface area contributed by atoms with Gasteiger partial charge >= 0.3 is 6.18 Å². The van der Waals surface area contributed by atoms with Crippen LogP contribution in [0.15, 0.2) is 54.2 Å². The minimum absolute atomic E-state index is 0.0907. The van der Waals surface area contributed by atoms with Crippen LogP contribution in [0, 0.1) is 0 Å². The topological polar surface area (TPSA) is 57.7 Å². The number of ketones is 1. The van der Waals surface area contributed by atoms with E-state index >= 15 is 0 Å². The van der Waals surface area contributed by atoms with Crippen LogP contribution >= 0.6 is 11.6 Å². The van der Waals surface area contributed by atoms with Crippen LogP contribution in [0.2, 0.25) is 5.02 Å². The molecule has 0 unspecified atom stereocenters. The number of methoxy groups -OCH3 is 2. The first-order valence-corrected chi connectivity index (χ1v) is 10.1. The molecule has 1 aromatic heterocycles. The van der Waals surface area contributed by atoms with Crippen LogP contribution in [0.4, 0.5) is 13.2 Å². The van der Waals surface area contributed by atoms with E-state index in [1.54, 1.807) is 42.5 Å². The summed E-state index contributed by atoms with van der Waals surface area (Å²) in [5.74, 6) is 1.15. The van der Waals surface area contributed by atoms with E-state index in [-0.39, 0.29) is 16.7 Å². The van der Waals surface area contributed by atoms with E-state index < -0.39 is 11.7 Å². The van der Waals surface area contributed by atoms with Gasteiger partial charge in [-0.2, -0.15) is 13.2 Å². The van der Waals surface area contributed by atoms with E-state index in [2.05, 4.69) is 4.98 Å². The first-order chi connectivity index (χ1) is 15.7. The van der Waals surface area contributed by atoms with Gasteiger partial charge in [0.1, 0.15) is 10.8 Å². The molecule has 3 aromatic rings. The van der Waals surface area contributed by atoms with Crippen molar-refractivity contribution in [3.05, 3.63) is 81.5 Å². The van der Waals surface area contributed by atoms with E-state index in [9.17, 15) is 18.0 Å². The van der Waals surface area contributed by atoms with Crippen LogP contribution in [0.3, 0.4) is 0 Å². The predicted molar refractivity (Wildman–Crippen MR) is 116 cm³/mol. The highest BCUT2D eigenvalue weighted by molar-refractivity contribution is 6.31. The number of nitrogens with zero attached hydrogens (tertiary/aromatic N) is 1. The molecular formula is C24H17ClF3NO4. The Labute approximate surface area is 192 Å². The number of rotatable bonds is 5. The van der Waals surface area contributed by atoms with Crippen LogP contribution < -0.4 is 14.2 Å². The Kier molecular flexibility index (Phi) is 6.03. The van der Waals surface area contributed by atoms with Gasteiger partial charge in [-0.1, -0.05) is 23.7 Å². The Morgan fingerprint density at radius 2 is 1.70 bits per heavy atom. The number of allylic oxidation sites excluding steroid dienone is 1. The molecule has 1 aliphatic rings. The summed E-state index contributed by atoms with van der Waals surface area (Å²) in [6.07, 6.45) is -1.66. The number of carbonyl (C=O) groups excluding carboxylic acids is 1. The van der Waals surface area contributed by atoms with Gasteiger partial charge in [0, 0.05) is 23.8 Å². The molecule has 0 saturated heterocycles. The molecule has 1 aliphatic carbocycles. The third kappa shape index (κ3) is 4.66. The molecule has 0 bridgehead atoms. The molecule has 0 radical (unpaired) electrons. The van der Waals surface area contributed by atoms with E-state index in [1.165, 1.54) is 14.2 Å². The summed E-state index contributed by atoms with van der Waals surface area (Å²) < 4.78 is 54.3. The summed E-state index contributed by atoms with van der Waals surface area (Å²) in [4.78, 5) is 16.5. The minimum Gasteiger partial charge on any atom is -0.493 e. The molecule has 4 rings (SSSR count). The van der Waals surface area contributed by atoms with Crippen molar-refractivity contribution in [1.82, 2.24) is 4.98 Å². The summed E-state index contributed by atoms with van der Waals surface area (Å²) in [5, 5.41) is -0.254. The maximum absolute atomic E-state index is 12.8. The molecule has 9 heteroatoms. The summed E-state index contributed by atoms with van der Waals surface area (Å²) in [5.41, 5.74) is 1.83. The molecule has 5 nitrogen and oxygen atoms in total. The van der Waals surface area contributed by atoms with Crippen LogP contribution in [0.5, 0.6) is 23.1 Å². The fourth-order valence-corrected chi connectivity index (χ4v) is 3.66. The normalized spacial score (nSPS) is 14.4. The highest BCUT2D eigenvalue weighted by atomic mass is 35.5. The third-order valence-corrected chi connectivity index (χ3v) is 5.37. The van der Waals surface area contributed by atoms with E-state index in [0.717, 1.165) is 17.2 Å². The predicted octanol–water partition coefficient (Wildman–Crippen LogP) is 6.39. The van der Waals surface area contributed by atoms with Crippen molar-refractivity contribution in [3.63, 3.8) is 0 Å². The Morgan fingerprint density at radius 1 is 1.03 bits per heavy atom. The Morgan fingerprint density at radius 3 is 2.30 bits per heavy atom. The SMILES string of the molecule is COc1cc2c(cc1OC)C(=O)/C(=C\c1ccc(Oc3ncc(C(F)(F)F)cc3Cl)cc1)C2. The van der Waals surface area contributed by atoms with Gasteiger partial charge in [-0.05, 0) is 47.5 Å². The zero-order valence-electron chi connectivity index (χ0n) is 17.5. The summed E-state index contributed by atoms with van der Waals surface area (Å²) in [6, 6.07) is 10.9. The number of fused-ring (bicyclic) bond motifs is 1. The van der Waals surface area contributed by atoms with Gasteiger partial charge in [-0.15, -0.1) is 0 Å². The van der Waals surface area contributed by atoms with Crippen LogP contribution in [0.25, 0.3) is 6.08 Å². The molecule has 0 N–H and O–H groups in total. The fourth-order valence-electron chi connectivity index (χ4n) is 3.45. The van der Waals surface area contributed by atoms with Crippen molar-refractivity contribution < 1.29 is 32.2 Å². The van der Waals surface area contributed by atoms with Gasteiger partial charge in [0.25, 0.3) is 0 Å². The van der Waals surface area contributed by atoms with Crippen molar-refractivity contribution in [1.29, 1.82) is 0 Å². The minimum atomic E-state index is -4.54. The van der Waals surface area contributed by atoms with Gasteiger partial charge in [-0.25, -0.2) is 4.98 Å². The molecule has 170 valence electrons.